The molecule has 2 aromatic carbocycles. The van der Waals surface area contributed by atoms with Crippen molar-refractivity contribution < 1.29 is 23.9 Å². The molecule has 1 N–H and O–H groups in total. The molecule has 2 amide bonds. The number of hydrogen-bond acceptors (Lipinski definition) is 5. The molecule has 0 bridgehead atoms. The molecule has 1 fully saturated rings. The number of nitrogens with one attached hydrogen (secondary N) is 1. The van der Waals surface area contributed by atoms with E-state index in [1.807, 2.05) is 31.2 Å². The fourth-order valence-corrected chi connectivity index (χ4v) is 3.56. The smallest absolute Gasteiger partial charge is 0.312 e. The molecule has 1 aliphatic heterocycles. The number of carbonyl (C=O) groups is 4. The molecule has 0 saturated carbocycles. The monoisotopic (exact) mass is 450 g/mol. The van der Waals surface area contributed by atoms with Gasteiger partial charge < -0.3 is 4.74 Å². The van der Waals surface area contributed by atoms with E-state index in [0.29, 0.717) is 11.1 Å². The maximum atomic E-state index is 12.6. The average Bonchev–Trinajstić information content (AvgIpc) is 3.13. The van der Waals surface area contributed by atoms with Gasteiger partial charge in [-0.25, -0.2) is 0 Å². The number of carbonyl (C=O) groups excluding carboxylic acids is 4. The third-order valence-electron chi connectivity index (χ3n) is 5.71. The second-order valence-electron chi connectivity index (χ2n) is 9.48. The highest BCUT2D eigenvalue weighted by Crippen LogP contribution is 2.23. The van der Waals surface area contributed by atoms with E-state index in [0.717, 1.165) is 16.1 Å². The summed E-state index contributed by atoms with van der Waals surface area (Å²) in [5, 5.41) is 1.14. The number of benzene rings is 2. The van der Waals surface area contributed by atoms with Crippen molar-refractivity contribution in [2.24, 2.45) is 5.92 Å². The number of aryl methyl sites for hydroxylation is 1. The van der Waals surface area contributed by atoms with Gasteiger partial charge in [0.25, 0.3) is 5.91 Å². The highest BCUT2D eigenvalue weighted by molar-refractivity contribution is 6.00. The predicted molar refractivity (Wildman–Crippen MR) is 123 cm³/mol. The first-order chi connectivity index (χ1) is 15.5. The number of hydrazine groups is 1. The van der Waals surface area contributed by atoms with Crippen LogP contribution in [0, 0.1) is 12.8 Å². The lowest BCUT2D eigenvalue weighted by molar-refractivity contribution is -0.151. The third kappa shape index (κ3) is 5.86. The molecule has 2 aromatic rings. The zero-order valence-corrected chi connectivity index (χ0v) is 19.7. The number of ether oxygens (including phenoxy) is 1. The summed E-state index contributed by atoms with van der Waals surface area (Å²) in [5.41, 5.74) is 5.51. The standard InChI is InChI=1S/C26H30N2O5/c1-16-6-8-18(9-7-16)23(30)17(2)33-25(32)20-14-22(29)28(15-20)27-24(31)19-10-12-21(13-11-19)26(3,4)5/h6-13,17,20H,14-15H2,1-5H3,(H,27,31)/t17-,20+/m1/s1. The second kappa shape index (κ2) is 9.57. The Labute approximate surface area is 194 Å². The summed E-state index contributed by atoms with van der Waals surface area (Å²) in [4.78, 5) is 50.0. The molecule has 7 nitrogen and oxygen atoms in total. The van der Waals surface area contributed by atoms with Crippen molar-refractivity contribution in [2.75, 3.05) is 6.54 Å². The Bertz CT molecular complexity index is 1050. The molecule has 0 spiro atoms. The number of Topliss-reactive ketones (excluding diaryl/α,β-unsaturated/α-hetero) is 1. The van der Waals surface area contributed by atoms with Crippen LogP contribution in [0.25, 0.3) is 0 Å². The van der Waals surface area contributed by atoms with Crippen molar-refractivity contribution in [1.82, 2.24) is 10.4 Å². The van der Waals surface area contributed by atoms with Crippen LogP contribution in [0.2, 0.25) is 0 Å². The third-order valence-corrected chi connectivity index (χ3v) is 5.71. The number of esters is 1. The largest absolute Gasteiger partial charge is 0.454 e. The Morgan fingerprint density at radius 1 is 1.00 bits per heavy atom. The van der Waals surface area contributed by atoms with Gasteiger partial charge in [-0.2, -0.15) is 0 Å². The molecule has 0 radical (unpaired) electrons. The second-order valence-corrected chi connectivity index (χ2v) is 9.48. The topological polar surface area (TPSA) is 92.8 Å². The van der Waals surface area contributed by atoms with Gasteiger partial charge in [0.1, 0.15) is 0 Å². The van der Waals surface area contributed by atoms with E-state index < -0.39 is 23.9 Å². The number of hydrogen-bond donors (Lipinski definition) is 1. The summed E-state index contributed by atoms with van der Waals surface area (Å²) in [6.07, 6.45) is -1.06. The van der Waals surface area contributed by atoms with Crippen molar-refractivity contribution in [2.45, 2.75) is 52.6 Å². The molecule has 0 unspecified atom stereocenters. The van der Waals surface area contributed by atoms with Crippen LogP contribution in [0.4, 0.5) is 0 Å². The van der Waals surface area contributed by atoms with Gasteiger partial charge in [-0.15, -0.1) is 0 Å². The van der Waals surface area contributed by atoms with Gasteiger partial charge in [-0.05, 0) is 37.0 Å². The number of nitrogens with zero attached hydrogens (tertiary/aromatic N) is 1. The molecular formula is C26H30N2O5. The Morgan fingerprint density at radius 3 is 2.15 bits per heavy atom. The molecular weight excluding hydrogens is 420 g/mol. The molecule has 3 rings (SSSR count). The lowest BCUT2D eigenvalue weighted by Crippen LogP contribution is -2.43. The number of ketones is 1. The van der Waals surface area contributed by atoms with Crippen LogP contribution < -0.4 is 5.43 Å². The van der Waals surface area contributed by atoms with E-state index in [4.69, 9.17) is 4.74 Å². The highest BCUT2D eigenvalue weighted by atomic mass is 16.5. The van der Waals surface area contributed by atoms with Crippen LogP contribution in [0.15, 0.2) is 48.5 Å². The molecule has 1 heterocycles. The zero-order valence-electron chi connectivity index (χ0n) is 19.7. The first kappa shape index (κ1) is 24.2. The predicted octanol–water partition coefficient (Wildman–Crippen LogP) is 3.60. The molecule has 1 saturated heterocycles. The van der Waals surface area contributed by atoms with Crippen LogP contribution in [0.3, 0.4) is 0 Å². The van der Waals surface area contributed by atoms with Crippen molar-refractivity contribution in [3.8, 4) is 0 Å². The molecule has 174 valence electrons. The molecule has 0 aromatic heterocycles. The Balaban J connectivity index is 1.56. The molecule has 7 heteroatoms. The maximum Gasteiger partial charge on any atom is 0.312 e. The van der Waals surface area contributed by atoms with Gasteiger partial charge in [0, 0.05) is 17.5 Å². The van der Waals surface area contributed by atoms with Gasteiger partial charge in [-0.3, -0.25) is 29.6 Å². The van der Waals surface area contributed by atoms with Crippen LogP contribution in [-0.4, -0.2) is 41.2 Å². The van der Waals surface area contributed by atoms with E-state index in [2.05, 4.69) is 26.2 Å². The number of rotatable bonds is 6. The quantitative estimate of drug-likeness (QED) is 0.536. The maximum absolute atomic E-state index is 12.6. The van der Waals surface area contributed by atoms with Crippen LogP contribution in [0.5, 0.6) is 0 Å². The fourth-order valence-electron chi connectivity index (χ4n) is 3.56. The van der Waals surface area contributed by atoms with Crippen molar-refractivity contribution in [1.29, 1.82) is 0 Å². The lowest BCUT2D eigenvalue weighted by atomic mass is 9.87. The summed E-state index contributed by atoms with van der Waals surface area (Å²) in [7, 11) is 0. The summed E-state index contributed by atoms with van der Waals surface area (Å²) >= 11 is 0. The minimum absolute atomic E-state index is 0.00504. The highest BCUT2D eigenvalue weighted by Gasteiger charge is 2.37. The lowest BCUT2D eigenvalue weighted by Gasteiger charge is -2.20. The average molecular weight is 451 g/mol. The van der Waals surface area contributed by atoms with Gasteiger partial charge in [0.15, 0.2) is 6.10 Å². The fraction of sp³-hybridized carbons (Fsp3) is 0.385. The van der Waals surface area contributed by atoms with Crippen LogP contribution in [-0.2, 0) is 19.7 Å². The normalized spacial score (nSPS) is 16.9. The molecule has 33 heavy (non-hydrogen) atoms. The Morgan fingerprint density at radius 2 is 1.58 bits per heavy atom. The van der Waals surface area contributed by atoms with Gasteiger partial charge in [0.05, 0.1) is 12.5 Å². The minimum atomic E-state index is -0.972. The van der Waals surface area contributed by atoms with E-state index >= 15 is 0 Å². The molecule has 1 aliphatic rings. The number of amides is 2. The summed E-state index contributed by atoms with van der Waals surface area (Å²) < 4.78 is 5.33. The first-order valence-corrected chi connectivity index (χ1v) is 11.0. The minimum Gasteiger partial charge on any atom is -0.454 e. The van der Waals surface area contributed by atoms with Crippen molar-refractivity contribution in [3.05, 3.63) is 70.8 Å². The SMILES string of the molecule is Cc1ccc(C(=O)[C@@H](C)OC(=O)[C@H]2CC(=O)N(NC(=O)c3ccc(C(C)(C)C)cc3)C2)cc1. The molecule has 2 atom stereocenters. The Hall–Kier alpha value is -3.48. The molecule has 0 aliphatic carbocycles. The van der Waals surface area contributed by atoms with E-state index in [-0.39, 0.29) is 30.1 Å². The Kier molecular flexibility index (Phi) is 7.01. The van der Waals surface area contributed by atoms with Gasteiger partial charge >= 0.3 is 5.97 Å². The van der Waals surface area contributed by atoms with Crippen LogP contribution in [0.1, 0.15) is 66.0 Å². The first-order valence-electron chi connectivity index (χ1n) is 11.0. The summed E-state index contributed by atoms with van der Waals surface area (Å²) in [5.74, 6) is -2.51. The summed E-state index contributed by atoms with van der Waals surface area (Å²) in [6.45, 7) is 9.67. The van der Waals surface area contributed by atoms with E-state index in [1.165, 1.54) is 6.92 Å². The van der Waals surface area contributed by atoms with Crippen LogP contribution >= 0.6 is 0 Å². The van der Waals surface area contributed by atoms with Crippen molar-refractivity contribution in [3.63, 3.8) is 0 Å². The van der Waals surface area contributed by atoms with Gasteiger partial charge in [0.2, 0.25) is 11.7 Å². The zero-order chi connectivity index (χ0) is 24.3. The van der Waals surface area contributed by atoms with Crippen molar-refractivity contribution >= 4 is 23.6 Å². The van der Waals surface area contributed by atoms with E-state index in [1.54, 1.807) is 24.3 Å². The van der Waals surface area contributed by atoms with Gasteiger partial charge in [-0.1, -0.05) is 62.7 Å². The van der Waals surface area contributed by atoms with E-state index in [9.17, 15) is 19.2 Å². The summed E-state index contributed by atoms with van der Waals surface area (Å²) in [6, 6.07) is 14.2.